The quantitative estimate of drug-likeness (QED) is 0.910. The Kier molecular flexibility index (Phi) is 3.75. The van der Waals surface area contributed by atoms with Gasteiger partial charge in [0, 0.05) is 36.4 Å². The second-order valence-electron chi connectivity index (χ2n) is 9.07. The van der Waals surface area contributed by atoms with Gasteiger partial charge in [-0.05, 0) is 73.7 Å². The molecule has 4 heteroatoms. The van der Waals surface area contributed by atoms with Crippen LogP contribution in [0.3, 0.4) is 0 Å². The molecule has 1 heterocycles. The summed E-state index contributed by atoms with van der Waals surface area (Å²) in [5, 5.41) is 0. The fraction of sp³-hybridized carbons (Fsp3) is 0.636. The van der Waals surface area contributed by atoms with E-state index in [0.717, 1.165) is 38.1 Å². The van der Waals surface area contributed by atoms with Crippen LogP contribution in [0.2, 0.25) is 0 Å². The van der Waals surface area contributed by atoms with Gasteiger partial charge >= 0.3 is 0 Å². The van der Waals surface area contributed by atoms with Gasteiger partial charge in [-0.1, -0.05) is 12.5 Å². The van der Waals surface area contributed by atoms with Crippen LogP contribution >= 0.6 is 0 Å². The Balaban J connectivity index is 1.56. The van der Waals surface area contributed by atoms with Crippen molar-refractivity contribution in [3.8, 4) is 0 Å². The van der Waals surface area contributed by atoms with E-state index in [2.05, 4.69) is 11.0 Å². The first-order valence-electron chi connectivity index (χ1n) is 10.3. The second-order valence-corrected chi connectivity index (χ2v) is 9.07. The maximum absolute atomic E-state index is 12.5. The van der Waals surface area contributed by atoms with Gasteiger partial charge in [0.1, 0.15) is 5.78 Å². The zero-order valence-corrected chi connectivity index (χ0v) is 15.4. The number of fused-ring (bicyclic) bond motifs is 1. The average molecular weight is 352 g/mol. The molecule has 2 saturated carbocycles. The van der Waals surface area contributed by atoms with Gasteiger partial charge in [0.25, 0.3) is 0 Å². The number of piperidine rings is 1. The number of rotatable bonds is 3. The SMILES string of the molecule is NC(=O)c1ccc2c(c1)C13CCN(CC4CCC4)C(C2)[C@@H]1CCC(=O)C3. The Bertz CT molecular complexity index is 769. The van der Waals surface area contributed by atoms with Crippen LogP contribution in [0, 0.1) is 11.8 Å². The van der Waals surface area contributed by atoms with Crippen molar-refractivity contribution in [2.45, 2.75) is 62.8 Å². The molecule has 3 atom stereocenters. The first kappa shape index (κ1) is 16.5. The minimum absolute atomic E-state index is 0.0604. The molecule has 0 spiro atoms. The van der Waals surface area contributed by atoms with Crippen LogP contribution in [0.15, 0.2) is 18.2 Å². The smallest absolute Gasteiger partial charge is 0.248 e. The molecule has 138 valence electrons. The topological polar surface area (TPSA) is 63.4 Å². The molecule has 0 radical (unpaired) electrons. The number of primary amides is 1. The lowest BCUT2D eigenvalue weighted by atomic mass is 9.52. The van der Waals surface area contributed by atoms with E-state index in [9.17, 15) is 9.59 Å². The highest BCUT2D eigenvalue weighted by atomic mass is 16.1. The van der Waals surface area contributed by atoms with Crippen LogP contribution in [-0.2, 0) is 16.6 Å². The van der Waals surface area contributed by atoms with Crippen molar-refractivity contribution in [2.24, 2.45) is 17.6 Å². The van der Waals surface area contributed by atoms with Crippen molar-refractivity contribution in [3.05, 3.63) is 34.9 Å². The summed E-state index contributed by atoms with van der Waals surface area (Å²) in [6.45, 7) is 2.32. The van der Waals surface area contributed by atoms with E-state index < -0.39 is 0 Å². The Hall–Kier alpha value is -1.68. The first-order valence-corrected chi connectivity index (χ1v) is 10.3. The molecule has 1 saturated heterocycles. The van der Waals surface area contributed by atoms with Gasteiger partial charge < -0.3 is 5.73 Å². The molecular weight excluding hydrogens is 324 g/mol. The summed E-state index contributed by atoms with van der Waals surface area (Å²) < 4.78 is 0. The summed E-state index contributed by atoms with van der Waals surface area (Å²) in [4.78, 5) is 26.9. The molecule has 1 amide bonds. The molecule has 3 fully saturated rings. The number of hydrogen-bond donors (Lipinski definition) is 1. The largest absolute Gasteiger partial charge is 0.366 e. The lowest BCUT2D eigenvalue weighted by molar-refractivity contribution is -0.127. The third-order valence-corrected chi connectivity index (χ3v) is 7.81. The van der Waals surface area contributed by atoms with Gasteiger partial charge in [0.2, 0.25) is 5.91 Å². The summed E-state index contributed by atoms with van der Waals surface area (Å²) in [5.41, 5.74) is 8.67. The number of benzene rings is 1. The molecule has 2 N–H and O–H groups in total. The van der Waals surface area contributed by atoms with Crippen molar-refractivity contribution in [2.75, 3.05) is 13.1 Å². The van der Waals surface area contributed by atoms with Crippen LogP contribution in [0.5, 0.6) is 0 Å². The molecule has 1 aromatic carbocycles. The van der Waals surface area contributed by atoms with E-state index in [4.69, 9.17) is 5.73 Å². The molecule has 26 heavy (non-hydrogen) atoms. The van der Waals surface area contributed by atoms with Crippen LogP contribution in [0.25, 0.3) is 0 Å². The van der Waals surface area contributed by atoms with Crippen molar-refractivity contribution in [1.29, 1.82) is 0 Å². The number of Topliss-reactive ketones (excluding diaryl/α,β-unsaturated/α-hetero) is 1. The fourth-order valence-electron chi connectivity index (χ4n) is 6.29. The number of hydrogen-bond acceptors (Lipinski definition) is 3. The van der Waals surface area contributed by atoms with Crippen molar-refractivity contribution >= 4 is 11.7 Å². The van der Waals surface area contributed by atoms with Crippen LogP contribution in [0.1, 0.15) is 66.4 Å². The molecule has 2 bridgehead atoms. The maximum Gasteiger partial charge on any atom is 0.248 e. The predicted octanol–water partition coefficient (Wildman–Crippen LogP) is 2.82. The summed E-state index contributed by atoms with van der Waals surface area (Å²) in [6.07, 6.45) is 8.65. The average Bonchev–Trinajstić information content (AvgIpc) is 2.58. The Labute approximate surface area is 155 Å². The lowest BCUT2D eigenvalue weighted by Crippen LogP contribution is -2.62. The molecule has 1 aliphatic heterocycles. The van der Waals surface area contributed by atoms with E-state index in [1.165, 1.54) is 36.9 Å². The summed E-state index contributed by atoms with van der Waals surface area (Å²) in [6, 6.07) is 6.55. The van der Waals surface area contributed by atoms with Gasteiger partial charge in [-0.15, -0.1) is 0 Å². The van der Waals surface area contributed by atoms with Gasteiger partial charge in [-0.2, -0.15) is 0 Å². The lowest BCUT2D eigenvalue weighted by Gasteiger charge is -2.59. The van der Waals surface area contributed by atoms with E-state index >= 15 is 0 Å². The molecule has 4 aliphatic rings. The van der Waals surface area contributed by atoms with E-state index in [1.54, 1.807) is 0 Å². The number of ketones is 1. The minimum Gasteiger partial charge on any atom is -0.366 e. The number of nitrogens with two attached hydrogens (primary N) is 1. The summed E-state index contributed by atoms with van der Waals surface area (Å²) in [7, 11) is 0. The van der Waals surface area contributed by atoms with Crippen molar-refractivity contribution < 1.29 is 9.59 Å². The van der Waals surface area contributed by atoms with Crippen LogP contribution in [-0.4, -0.2) is 35.7 Å². The normalized spacial score (nSPS) is 33.9. The fourth-order valence-corrected chi connectivity index (χ4v) is 6.29. The highest BCUT2D eigenvalue weighted by molar-refractivity contribution is 5.93. The Morgan fingerprint density at radius 1 is 1.27 bits per heavy atom. The minimum atomic E-state index is -0.368. The zero-order chi connectivity index (χ0) is 17.9. The molecule has 1 aromatic rings. The van der Waals surface area contributed by atoms with Crippen LogP contribution in [0.4, 0.5) is 0 Å². The van der Waals surface area contributed by atoms with Crippen molar-refractivity contribution in [3.63, 3.8) is 0 Å². The zero-order valence-electron chi connectivity index (χ0n) is 15.4. The predicted molar refractivity (Wildman–Crippen MR) is 100 cm³/mol. The Morgan fingerprint density at radius 2 is 2.12 bits per heavy atom. The molecule has 0 aromatic heterocycles. The summed E-state index contributed by atoms with van der Waals surface area (Å²) >= 11 is 0. The van der Waals surface area contributed by atoms with Crippen LogP contribution < -0.4 is 5.73 Å². The summed E-state index contributed by atoms with van der Waals surface area (Å²) in [5.74, 6) is 1.45. The molecular formula is C22H28N2O2. The van der Waals surface area contributed by atoms with Gasteiger partial charge in [-0.3, -0.25) is 14.5 Å². The van der Waals surface area contributed by atoms with E-state index in [1.807, 2.05) is 12.1 Å². The van der Waals surface area contributed by atoms with Gasteiger partial charge in [0.15, 0.2) is 0 Å². The molecule has 4 nitrogen and oxygen atoms in total. The van der Waals surface area contributed by atoms with E-state index in [-0.39, 0.29) is 11.3 Å². The third-order valence-electron chi connectivity index (χ3n) is 7.81. The molecule has 3 aliphatic carbocycles. The second kappa shape index (κ2) is 5.91. The number of amides is 1. The monoisotopic (exact) mass is 352 g/mol. The number of likely N-dealkylation sites (tertiary alicyclic amines) is 1. The van der Waals surface area contributed by atoms with Gasteiger partial charge in [-0.25, -0.2) is 0 Å². The highest BCUT2D eigenvalue weighted by Crippen LogP contribution is 2.55. The van der Waals surface area contributed by atoms with E-state index in [0.29, 0.717) is 29.7 Å². The highest BCUT2D eigenvalue weighted by Gasteiger charge is 2.55. The first-order chi connectivity index (χ1) is 12.6. The van der Waals surface area contributed by atoms with Crippen molar-refractivity contribution in [1.82, 2.24) is 4.90 Å². The standard InChI is InChI=1S/C22H28N2O2/c23-21(26)16-5-4-15-11-20-18-7-6-17(25)12-22(18,19(15)10-16)8-9-24(20)13-14-2-1-3-14/h4-5,10,14,18,20H,1-3,6-9,11-13H2,(H2,23,26)/t18-,20?,22?/m0/s1. The third kappa shape index (κ3) is 2.38. The molecule has 5 rings (SSSR count). The number of carbonyl (C=O) groups excluding carboxylic acids is 2. The maximum atomic E-state index is 12.5. The Morgan fingerprint density at radius 3 is 2.85 bits per heavy atom. The molecule has 2 unspecified atom stereocenters. The number of carbonyl (C=O) groups is 2. The van der Waals surface area contributed by atoms with Gasteiger partial charge in [0.05, 0.1) is 0 Å². The number of nitrogens with zero attached hydrogens (tertiary/aromatic N) is 1.